The predicted octanol–water partition coefficient (Wildman–Crippen LogP) is 1.49. The number of imidazole rings is 1. The number of rotatable bonds is 15. The van der Waals surface area contributed by atoms with Gasteiger partial charge in [0.2, 0.25) is 11.8 Å². The van der Waals surface area contributed by atoms with E-state index >= 15 is 0 Å². The predicted molar refractivity (Wildman–Crippen MR) is 170 cm³/mol. The zero-order chi connectivity index (χ0) is 33.9. The summed E-state index contributed by atoms with van der Waals surface area (Å²) < 4.78 is 5.39. The van der Waals surface area contributed by atoms with Gasteiger partial charge in [-0.2, -0.15) is 0 Å². The van der Waals surface area contributed by atoms with Crippen molar-refractivity contribution in [1.82, 2.24) is 25.9 Å². The quantitative estimate of drug-likeness (QED) is 0.141. The molecule has 1 heterocycles. The molecular weight excluding hydrogens is 594 g/mol. The number of benzene rings is 1. The molecule has 2 aromatic rings. The third-order valence-corrected chi connectivity index (χ3v) is 8.15. The molecular formula is C33H51N5O8. The van der Waals surface area contributed by atoms with Crippen molar-refractivity contribution < 1.29 is 39.5 Å². The van der Waals surface area contributed by atoms with Gasteiger partial charge in [-0.3, -0.25) is 9.59 Å². The third-order valence-electron chi connectivity index (χ3n) is 8.15. The fraction of sp³-hybridized carbons (Fsp3) is 0.636. The van der Waals surface area contributed by atoms with Gasteiger partial charge in [-0.25, -0.2) is 9.78 Å². The number of hydrogen-bond donors (Lipinski definition) is 8. The summed E-state index contributed by atoms with van der Waals surface area (Å²) in [6.07, 6.45) is 1.23. The molecule has 13 nitrogen and oxygen atoms in total. The van der Waals surface area contributed by atoms with Crippen LogP contribution in [-0.4, -0.2) is 96.4 Å². The fourth-order valence-electron chi connectivity index (χ4n) is 5.68. The number of amides is 3. The van der Waals surface area contributed by atoms with E-state index in [0.717, 1.165) is 37.7 Å². The van der Waals surface area contributed by atoms with Crippen molar-refractivity contribution >= 4 is 17.9 Å². The normalized spacial score (nSPS) is 18.7. The van der Waals surface area contributed by atoms with Crippen molar-refractivity contribution in [3.8, 4) is 0 Å². The molecule has 46 heavy (non-hydrogen) atoms. The average Bonchev–Trinajstić information content (AvgIpc) is 3.52. The lowest BCUT2D eigenvalue weighted by Gasteiger charge is -2.35. The van der Waals surface area contributed by atoms with Crippen LogP contribution in [0.4, 0.5) is 4.79 Å². The molecule has 7 atom stereocenters. The Kier molecular flexibility index (Phi) is 14.0. The van der Waals surface area contributed by atoms with E-state index in [2.05, 4.69) is 25.9 Å². The molecule has 1 aliphatic carbocycles. The molecule has 3 rings (SSSR count). The Morgan fingerprint density at radius 3 is 2.11 bits per heavy atom. The van der Waals surface area contributed by atoms with Crippen molar-refractivity contribution in [3.63, 3.8) is 0 Å². The maximum absolute atomic E-state index is 13.9. The first kappa shape index (κ1) is 36.9. The van der Waals surface area contributed by atoms with Gasteiger partial charge in [0.15, 0.2) is 0 Å². The van der Waals surface area contributed by atoms with E-state index in [4.69, 9.17) is 4.74 Å². The molecule has 1 aliphatic rings. The van der Waals surface area contributed by atoms with Crippen LogP contribution in [0.1, 0.15) is 77.5 Å². The van der Waals surface area contributed by atoms with Gasteiger partial charge in [-0.15, -0.1) is 0 Å². The summed E-state index contributed by atoms with van der Waals surface area (Å²) in [5.41, 5.74) is 0.518. The molecule has 0 aliphatic heterocycles. The first-order valence-electron chi connectivity index (χ1n) is 16.1. The first-order valence-corrected chi connectivity index (χ1v) is 16.1. The molecule has 13 heteroatoms. The summed E-state index contributed by atoms with van der Waals surface area (Å²) in [6.45, 7) is 6.42. The monoisotopic (exact) mass is 645 g/mol. The maximum atomic E-state index is 13.9. The SMILES string of the molecule is CC(O)[C@H](O)[C@H](O)[C@H](O)[C@H](CC1CCCCC1)NC(=O)[C@H](Cc1cnc[nH]1)NC(=O)[C@H](Cc1ccccc1)NC(=O)OC(C)(C)C. The highest BCUT2D eigenvalue weighted by molar-refractivity contribution is 5.91. The molecule has 1 unspecified atom stereocenters. The first-order chi connectivity index (χ1) is 21.7. The average molecular weight is 646 g/mol. The highest BCUT2D eigenvalue weighted by Gasteiger charge is 2.37. The zero-order valence-corrected chi connectivity index (χ0v) is 27.2. The van der Waals surface area contributed by atoms with Gasteiger partial charge >= 0.3 is 6.09 Å². The Balaban J connectivity index is 1.85. The summed E-state index contributed by atoms with van der Waals surface area (Å²) in [6, 6.07) is 5.83. The van der Waals surface area contributed by atoms with Crippen molar-refractivity contribution in [2.45, 2.75) is 127 Å². The highest BCUT2D eigenvalue weighted by Crippen LogP contribution is 2.29. The minimum absolute atomic E-state index is 0.00711. The van der Waals surface area contributed by atoms with Crippen molar-refractivity contribution in [2.75, 3.05) is 0 Å². The van der Waals surface area contributed by atoms with Crippen molar-refractivity contribution in [3.05, 3.63) is 54.1 Å². The Bertz CT molecular complexity index is 1210. The zero-order valence-electron chi connectivity index (χ0n) is 27.2. The number of aliphatic hydroxyl groups is 4. The molecule has 8 N–H and O–H groups in total. The number of ether oxygens (including phenoxy) is 1. The number of carbonyl (C=O) groups is 3. The van der Waals surface area contributed by atoms with Crippen molar-refractivity contribution in [2.24, 2.45) is 5.92 Å². The van der Waals surface area contributed by atoms with Crippen LogP contribution < -0.4 is 16.0 Å². The number of carbonyl (C=O) groups excluding carboxylic acids is 3. The van der Waals surface area contributed by atoms with Gasteiger partial charge in [0.05, 0.1) is 18.5 Å². The van der Waals surface area contributed by atoms with E-state index in [1.807, 2.05) is 30.3 Å². The fourth-order valence-corrected chi connectivity index (χ4v) is 5.68. The second-order valence-electron chi connectivity index (χ2n) is 13.3. The molecule has 0 saturated heterocycles. The second kappa shape index (κ2) is 17.4. The third kappa shape index (κ3) is 12.0. The molecule has 1 saturated carbocycles. The molecule has 0 bridgehead atoms. The number of aromatic nitrogens is 2. The number of H-pyrrole nitrogens is 1. The van der Waals surface area contributed by atoms with E-state index in [1.165, 1.54) is 19.4 Å². The van der Waals surface area contributed by atoms with Crippen LogP contribution in [-0.2, 0) is 27.2 Å². The van der Waals surface area contributed by atoms with Gasteiger partial charge in [0, 0.05) is 24.7 Å². The highest BCUT2D eigenvalue weighted by atomic mass is 16.6. The molecule has 0 radical (unpaired) electrons. The van der Waals surface area contributed by atoms with Crippen LogP contribution in [0.3, 0.4) is 0 Å². The molecule has 1 aromatic carbocycles. The lowest BCUT2D eigenvalue weighted by atomic mass is 9.82. The molecule has 3 amide bonds. The largest absolute Gasteiger partial charge is 0.444 e. The van der Waals surface area contributed by atoms with Gasteiger partial charge in [0.25, 0.3) is 0 Å². The summed E-state index contributed by atoms with van der Waals surface area (Å²) in [4.78, 5) is 47.3. The standard InChI is InChI=1S/C33H51N5O8/c1-20(39)27(40)29(42)28(41)24(15-21-11-7-5-8-12-21)36-31(44)26(17-23-18-34-19-35-23)37-30(43)25(16-22-13-9-6-10-14-22)38-32(45)46-33(2,3)4/h6,9-10,13-14,18-21,24-29,39-42H,5,7-8,11-12,15-17H2,1-4H3,(H,34,35)(H,36,44)(H,37,43)(H,38,45)/t20?,24-,25-,26-,27-,28+,29-/m0/s1. The number of aromatic amines is 1. The molecule has 0 spiro atoms. The summed E-state index contributed by atoms with van der Waals surface area (Å²) in [5, 5.41) is 50.2. The number of alkyl carbamates (subject to hydrolysis) is 1. The molecule has 1 aromatic heterocycles. The van der Waals surface area contributed by atoms with Gasteiger partial charge < -0.3 is 46.1 Å². The van der Waals surface area contributed by atoms with Crippen LogP contribution in [0.5, 0.6) is 0 Å². The lowest BCUT2D eigenvalue weighted by Crippen LogP contribution is -2.59. The minimum Gasteiger partial charge on any atom is -0.444 e. The summed E-state index contributed by atoms with van der Waals surface area (Å²) >= 11 is 0. The smallest absolute Gasteiger partial charge is 0.408 e. The van der Waals surface area contributed by atoms with E-state index in [-0.39, 0.29) is 18.8 Å². The van der Waals surface area contributed by atoms with Gasteiger partial charge in [0.1, 0.15) is 36.0 Å². The van der Waals surface area contributed by atoms with E-state index in [9.17, 15) is 34.8 Å². The summed E-state index contributed by atoms with van der Waals surface area (Å²) in [5.74, 6) is -1.11. The Labute approximate surface area is 270 Å². The number of hydrogen-bond acceptors (Lipinski definition) is 9. The topological polar surface area (TPSA) is 206 Å². The second-order valence-corrected chi connectivity index (χ2v) is 13.3. The number of nitrogens with zero attached hydrogens (tertiary/aromatic N) is 1. The minimum atomic E-state index is -1.73. The summed E-state index contributed by atoms with van der Waals surface area (Å²) in [7, 11) is 0. The van der Waals surface area contributed by atoms with Crippen LogP contribution in [0, 0.1) is 5.92 Å². The van der Waals surface area contributed by atoms with Crippen LogP contribution in [0.15, 0.2) is 42.9 Å². The van der Waals surface area contributed by atoms with Crippen LogP contribution in [0.2, 0.25) is 0 Å². The lowest BCUT2D eigenvalue weighted by molar-refractivity contribution is -0.134. The van der Waals surface area contributed by atoms with E-state index in [1.54, 1.807) is 20.8 Å². The van der Waals surface area contributed by atoms with E-state index < -0.39 is 66.1 Å². The van der Waals surface area contributed by atoms with E-state index in [0.29, 0.717) is 12.1 Å². The molecule has 256 valence electrons. The van der Waals surface area contributed by atoms with Gasteiger partial charge in [-0.1, -0.05) is 62.4 Å². The Morgan fingerprint density at radius 1 is 0.891 bits per heavy atom. The van der Waals surface area contributed by atoms with Crippen molar-refractivity contribution in [1.29, 1.82) is 0 Å². The van der Waals surface area contributed by atoms with Crippen LogP contribution >= 0.6 is 0 Å². The van der Waals surface area contributed by atoms with Crippen LogP contribution in [0.25, 0.3) is 0 Å². The molecule has 1 fully saturated rings. The Hall–Kier alpha value is -3.52. The Morgan fingerprint density at radius 2 is 1.52 bits per heavy atom. The number of nitrogens with one attached hydrogen (secondary N) is 4. The number of aliphatic hydroxyl groups excluding tert-OH is 4. The maximum Gasteiger partial charge on any atom is 0.408 e. The van der Waals surface area contributed by atoms with Gasteiger partial charge in [-0.05, 0) is 45.6 Å².